The van der Waals surface area contributed by atoms with Crippen LogP contribution in [0.1, 0.15) is 16.0 Å². The van der Waals surface area contributed by atoms with Crippen molar-refractivity contribution in [1.29, 1.82) is 0 Å². The van der Waals surface area contributed by atoms with Crippen LogP contribution in [0.3, 0.4) is 0 Å². The molecule has 4 heteroatoms. The van der Waals surface area contributed by atoms with E-state index in [9.17, 15) is 0 Å². The van der Waals surface area contributed by atoms with Gasteiger partial charge in [0.1, 0.15) is 0 Å². The lowest BCUT2D eigenvalue weighted by Crippen LogP contribution is -2.12. The summed E-state index contributed by atoms with van der Waals surface area (Å²) >= 11 is 7.65. The minimum atomic E-state index is 0.614. The van der Waals surface area contributed by atoms with Crippen LogP contribution in [0.25, 0.3) is 0 Å². The predicted octanol–water partition coefficient (Wildman–Crippen LogP) is 3.58. The van der Waals surface area contributed by atoms with Crippen molar-refractivity contribution in [2.24, 2.45) is 0 Å². The number of halogens is 1. The van der Waals surface area contributed by atoms with E-state index < -0.39 is 0 Å². The Bertz CT molecular complexity index is 508. The van der Waals surface area contributed by atoms with Crippen LogP contribution in [0.4, 0.5) is 5.69 Å². The number of hydrogen-bond donors (Lipinski definition) is 2. The predicted molar refractivity (Wildman–Crippen MR) is 75.5 cm³/mol. The first-order valence-corrected chi connectivity index (χ1v) is 6.70. The van der Waals surface area contributed by atoms with Gasteiger partial charge in [0, 0.05) is 18.0 Å². The van der Waals surface area contributed by atoms with Gasteiger partial charge in [-0.15, -0.1) is 11.3 Å². The standard InChI is InChI=1S/C13H15ClN2S/c1-9-4-5-17-13(9)8-16-7-10-2-3-11(14)12(15)6-10/h2-6,16H,7-8,15H2,1H3. The molecular weight excluding hydrogens is 252 g/mol. The molecule has 0 fully saturated rings. The summed E-state index contributed by atoms with van der Waals surface area (Å²) < 4.78 is 0. The van der Waals surface area contributed by atoms with Crippen LogP contribution in [0.2, 0.25) is 5.02 Å². The van der Waals surface area contributed by atoms with Crippen molar-refractivity contribution in [3.63, 3.8) is 0 Å². The number of thiophene rings is 1. The summed E-state index contributed by atoms with van der Waals surface area (Å²) in [6, 6.07) is 7.88. The molecule has 0 amide bonds. The second-order valence-electron chi connectivity index (χ2n) is 3.99. The van der Waals surface area contributed by atoms with Crippen LogP contribution in [-0.4, -0.2) is 0 Å². The summed E-state index contributed by atoms with van der Waals surface area (Å²) in [4.78, 5) is 1.38. The van der Waals surface area contributed by atoms with E-state index in [0.29, 0.717) is 10.7 Å². The monoisotopic (exact) mass is 266 g/mol. The largest absolute Gasteiger partial charge is 0.398 e. The highest BCUT2D eigenvalue weighted by molar-refractivity contribution is 7.10. The van der Waals surface area contributed by atoms with E-state index in [1.54, 1.807) is 11.3 Å². The first-order chi connectivity index (χ1) is 8.16. The first kappa shape index (κ1) is 12.4. The molecule has 0 aliphatic rings. The lowest BCUT2D eigenvalue weighted by molar-refractivity contribution is 0.699. The van der Waals surface area contributed by atoms with Crippen molar-refractivity contribution in [1.82, 2.24) is 5.32 Å². The van der Waals surface area contributed by atoms with Gasteiger partial charge >= 0.3 is 0 Å². The number of anilines is 1. The molecule has 0 bridgehead atoms. The van der Waals surface area contributed by atoms with Crippen LogP contribution < -0.4 is 11.1 Å². The number of nitrogens with two attached hydrogens (primary N) is 1. The highest BCUT2D eigenvalue weighted by atomic mass is 35.5. The summed E-state index contributed by atoms with van der Waals surface area (Å²) in [5.74, 6) is 0. The molecule has 0 aliphatic carbocycles. The van der Waals surface area contributed by atoms with Gasteiger partial charge in [-0.25, -0.2) is 0 Å². The molecular formula is C13H15ClN2S. The molecule has 2 nitrogen and oxygen atoms in total. The van der Waals surface area contributed by atoms with E-state index in [1.165, 1.54) is 10.4 Å². The van der Waals surface area contributed by atoms with Crippen molar-refractivity contribution in [2.75, 3.05) is 5.73 Å². The average Bonchev–Trinajstić information content (AvgIpc) is 2.70. The summed E-state index contributed by atoms with van der Waals surface area (Å²) in [6.07, 6.45) is 0. The number of aryl methyl sites for hydroxylation is 1. The highest BCUT2D eigenvalue weighted by Crippen LogP contribution is 2.19. The first-order valence-electron chi connectivity index (χ1n) is 5.44. The van der Waals surface area contributed by atoms with Crippen molar-refractivity contribution in [3.8, 4) is 0 Å². The molecule has 1 heterocycles. The molecule has 90 valence electrons. The van der Waals surface area contributed by atoms with Crippen LogP contribution in [-0.2, 0) is 13.1 Å². The summed E-state index contributed by atoms with van der Waals surface area (Å²) in [5, 5.41) is 6.13. The lowest BCUT2D eigenvalue weighted by Gasteiger charge is -2.06. The number of hydrogen-bond acceptors (Lipinski definition) is 3. The van der Waals surface area contributed by atoms with Gasteiger partial charge in [-0.3, -0.25) is 0 Å². The number of nitrogen functional groups attached to an aromatic ring is 1. The third-order valence-corrected chi connectivity index (χ3v) is 4.01. The van der Waals surface area contributed by atoms with Crippen LogP contribution in [0, 0.1) is 6.92 Å². The Morgan fingerprint density at radius 2 is 2.12 bits per heavy atom. The molecule has 2 rings (SSSR count). The molecule has 0 radical (unpaired) electrons. The Labute approximate surface area is 110 Å². The molecule has 2 aromatic rings. The van der Waals surface area contributed by atoms with E-state index in [2.05, 4.69) is 23.7 Å². The average molecular weight is 267 g/mol. The molecule has 0 atom stereocenters. The Morgan fingerprint density at radius 3 is 2.76 bits per heavy atom. The Kier molecular flexibility index (Phi) is 4.05. The van der Waals surface area contributed by atoms with Crippen molar-refractivity contribution >= 4 is 28.6 Å². The highest BCUT2D eigenvalue weighted by Gasteiger charge is 2.01. The lowest BCUT2D eigenvalue weighted by atomic mass is 10.2. The molecule has 0 unspecified atom stereocenters. The maximum atomic E-state index is 5.87. The SMILES string of the molecule is Cc1ccsc1CNCc1ccc(Cl)c(N)c1. The quantitative estimate of drug-likeness (QED) is 0.830. The van der Waals surface area contributed by atoms with E-state index in [-0.39, 0.29) is 0 Å². The third-order valence-electron chi connectivity index (χ3n) is 2.64. The molecule has 1 aromatic heterocycles. The Hall–Kier alpha value is -1.03. The second-order valence-corrected chi connectivity index (χ2v) is 5.39. The fourth-order valence-electron chi connectivity index (χ4n) is 1.61. The third kappa shape index (κ3) is 3.22. The number of benzene rings is 1. The topological polar surface area (TPSA) is 38.0 Å². The summed E-state index contributed by atoms with van der Waals surface area (Å²) in [6.45, 7) is 3.83. The van der Waals surface area contributed by atoms with Gasteiger partial charge in [-0.05, 0) is 41.6 Å². The van der Waals surface area contributed by atoms with Gasteiger partial charge < -0.3 is 11.1 Å². The van der Waals surface area contributed by atoms with Crippen molar-refractivity contribution in [3.05, 3.63) is 50.7 Å². The van der Waals surface area contributed by atoms with E-state index in [0.717, 1.165) is 18.7 Å². The van der Waals surface area contributed by atoms with Gasteiger partial charge in [0.05, 0.1) is 10.7 Å². The van der Waals surface area contributed by atoms with Crippen molar-refractivity contribution < 1.29 is 0 Å². The Balaban J connectivity index is 1.90. The smallest absolute Gasteiger partial charge is 0.0635 e. The maximum absolute atomic E-state index is 5.87. The molecule has 3 N–H and O–H groups in total. The zero-order valence-corrected chi connectivity index (χ0v) is 11.2. The molecule has 0 saturated heterocycles. The summed E-state index contributed by atoms with van der Waals surface area (Å²) in [7, 11) is 0. The van der Waals surface area contributed by atoms with Crippen LogP contribution in [0.5, 0.6) is 0 Å². The van der Waals surface area contributed by atoms with Gasteiger partial charge in [-0.2, -0.15) is 0 Å². The van der Waals surface area contributed by atoms with Gasteiger partial charge in [0.2, 0.25) is 0 Å². The Morgan fingerprint density at radius 1 is 1.29 bits per heavy atom. The molecule has 0 saturated carbocycles. The molecule has 1 aromatic carbocycles. The van der Waals surface area contributed by atoms with Crippen molar-refractivity contribution in [2.45, 2.75) is 20.0 Å². The minimum Gasteiger partial charge on any atom is -0.398 e. The summed E-state index contributed by atoms with van der Waals surface area (Å²) in [5.41, 5.74) is 8.89. The molecule has 0 aliphatic heterocycles. The van der Waals surface area contributed by atoms with Gasteiger partial charge in [0.25, 0.3) is 0 Å². The fraction of sp³-hybridized carbons (Fsp3) is 0.231. The molecule has 0 spiro atoms. The van der Waals surface area contributed by atoms with E-state index in [1.807, 2.05) is 18.2 Å². The zero-order chi connectivity index (χ0) is 12.3. The fourth-order valence-corrected chi connectivity index (χ4v) is 2.60. The molecule has 17 heavy (non-hydrogen) atoms. The maximum Gasteiger partial charge on any atom is 0.0635 e. The normalized spacial score (nSPS) is 10.7. The number of nitrogens with one attached hydrogen (secondary N) is 1. The van der Waals surface area contributed by atoms with E-state index >= 15 is 0 Å². The second kappa shape index (κ2) is 5.54. The van der Waals surface area contributed by atoms with Crippen LogP contribution in [0.15, 0.2) is 29.6 Å². The van der Waals surface area contributed by atoms with Gasteiger partial charge in [0.15, 0.2) is 0 Å². The minimum absolute atomic E-state index is 0.614. The van der Waals surface area contributed by atoms with E-state index in [4.69, 9.17) is 17.3 Å². The number of rotatable bonds is 4. The van der Waals surface area contributed by atoms with Crippen LogP contribution >= 0.6 is 22.9 Å². The zero-order valence-electron chi connectivity index (χ0n) is 9.66. The van der Waals surface area contributed by atoms with Gasteiger partial charge in [-0.1, -0.05) is 17.7 Å².